The first-order valence-corrected chi connectivity index (χ1v) is 6.27. The summed E-state index contributed by atoms with van der Waals surface area (Å²) in [5.74, 6) is 1.33. The van der Waals surface area contributed by atoms with Crippen molar-refractivity contribution < 1.29 is 4.79 Å². The minimum atomic E-state index is -0.0932. The number of aromatic nitrogens is 3. The van der Waals surface area contributed by atoms with Gasteiger partial charge in [-0.3, -0.25) is 4.79 Å². The van der Waals surface area contributed by atoms with Crippen molar-refractivity contribution in [3.05, 3.63) is 18.5 Å². The molecule has 0 aromatic carbocycles. The summed E-state index contributed by atoms with van der Waals surface area (Å²) in [6.07, 6.45) is 4.84. The van der Waals surface area contributed by atoms with Gasteiger partial charge in [0.15, 0.2) is 5.82 Å². The smallest absolute Gasteiger partial charge is 0.240 e. The maximum atomic E-state index is 12.3. The third-order valence-electron chi connectivity index (χ3n) is 3.37. The van der Waals surface area contributed by atoms with Crippen LogP contribution in [0.5, 0.6) is 0 Å². The first-order valence-electron chi connectivity index (χ1n) is 6.27. The average Bonchev–Trinajstić information content (AvgIpc) is 2.53. The number of hydrogen-bond donors (Lipinski definition) is 1. The minimum Gasteiger partial charge on any atom is -0.334 e. The van der Waals surface area contributed by atoms with Gasteiger partial charge in [-0.2, -0.15) is 0 Å². The van der Waals surface area contributed by atoms with E-state index in [0.717, 1.165) is 19.4 Å². The molecule has 2 rings (SSSR count). The molecule has 2 heterocycles. The van der Waals surface area contributed by atoms with Gasteiger partial charge in [-0.05, 0) is 25.8 Å². The second-order valence-corrected chi connectivity index (χ2v) is 4.79. The Morgan fingerprint density at radius 1 is 1.44 bits per heavy atom. The van der Waals surface area contributed by atoms with E-state index < -0.39 is 0 Å². The molecule has 1 amide bonds. The van der Waals surface area contributed by atoms with E-state index >= 15 is 0 Å². The number of nitrogens with one attached hydrogen (secondary N) is 1. The zero-order chi connectivity index (χ0) is 13.0. The molecule has 1 aliphatic heterocycles. The molecule has 1 aliphatic rings. The van der Waals surface area contributed by atoms with Crippen molar-refractivity contribution in [3.63, 3.8) is 0 Å². The van der Waals surface area contributed by atoms with Crippen molar-refractivity contribution in [2.45, 2.75) is 32.4 Å². The fraction of sp³-hybridized carbons (Fsp3) is 0.667. The van der Waals surface area contributed by atoms with Crippen LogP contribution >= 0.6 is 0 Å². The first kappa shape index (κ1) is 12.9. The Labute approximate surface area is 107 Å². The highest BCUT2D eigenvalue weighted by atomic mass is 16.2. The molecule has 98 valence electrons. The van der Waals surface area contributed by atoms with Gasteiger partial charge in [-0.1, -0.05) is 6.92 Å². The van der Waals surface area contributed by atoms with Crippen LogP contribution in [-0.4, -0.2) is 45.4 Å². The summed E-state index contributed by atoms with van der Waals surface area (Å²) in [7, 11) is 1.84. The molecule has 1 N–H and O–H groups in total. The normalized spacial score (nSPS) is 25.0. The van der Waals surface area contributed by atoms with Crippen LogP contribution in [0.15, 0.2) is 12.7 Å². The van der Waals surface area contributed by atoms with Crippen molar-refractivity contribution in [1.29, 1.82) is 0 Å². The summed E-state index contributed by atoms with van der Waals surface area (Å²) >= 11 is 0. The van der Waals surface area contributed by atoms with Crippen LogP contribution in [0, 0.1) is 5.92 Å². The van der Waals surface area contributed by atoms with Gasteiger partial charge in [0.2, 0.25) is 5.91 Å². The summed E-state index contributed by atoms with van der Waals surface area (Å²) < 4.78 is 0. The number of likely N-dealkylation sites (tertiary alicyclic amines) is 1. The minimum absolute atomic E-state index is 0.0932. The molecule has 0 spiro atoms. The number of amides is 1. The topological polar surface area (TPSA) is 71.0 Å². The first-order chi connectivity index (χ1) is 8.70. The van der Waals surface area contributed by atoms with Gasteiger partial charge >= 0.3 is 0 Å². The molecule has 2 atom stereocenters. The van der Waals surface area contributed by atoms with E-state index in [1.807, 2.05) is 11.9 Å². The van der Waals surface area contributed by atoms with Crippen LogP contribution in [0.1, 0.15) is 25.6 Å². The van der Waals surface area contributed by atoms with Crippen molar-refractivity contribution in [1.82, 2.24) is 25.2 Å². The van der Waals surface area contributed by atoms with E-state index in [-0.39, 0.29) is 11.9 Å². The highest BCUT2D eigenvalue weighted by Gasteiger charge is 2.28. The lowest BCUT2D eigenvalue weighted by Gasteiger charge is -2.23. The lowest BCUT2D eigenvalue weighted by Crippen LogP contribution is -2.43. The zero-order valence-corrected chi connectivity index (χ0v) is 10.8. The maximum absolute atomic E-state index is 12.3. The van der Waals surface area contributed by atoms with Crippen molar-refractivity contribution in [3.8, 4) is 0 Å². The fourth-order valence-corrected chi connectivity index (χ4v) is 2.24. The molecule has 6 nitrogen and oxygen atoms in total. The fourth-order valence-electron chi connectivity index (χ4n) is 2.24. The number of nitrogens with zero attached hydrogens (tertiary/aromatic N) is 4. The SMILES string of the molecule is CNC1CC(C)CCN(Cc2ncncn2)C1=O. The van der Waals surface area contributed by atoms with E-state index in [9.17, 15) is 4.79 Å². The number of carbonyl (C=O) groups excluding carboxylic acids is 1. The van der Waals surface area contributed by atoms with E-state index in [1.54, 1.807) is 0 Å². The van der Waals surface area contributed by atoms with E-state index in [1.165, 1.54) is 12.7 Å². The van der Waals surface area contributed by atoms with Crippen LogP contribution in [0.25, 0.3) is 0 Å². The Bertz CT molecular complexity index is 397. The molecule has 1 aromatic rings. The Morgan fingerprint density at radius 3 is 2.83 bits per heavy atom. The molecule has 6 heteroatoms. The predicted molar refractivity (Wildman–Crippen MR) is 66.5 cm³/mol. The van der Waals surface area contributed by atoms with Gasteiger partial charge < -0.3 is 10.2 Å². The summed E-state index contributed by atoms with van der Waals surface area (Å²) in [6, 6.07) is -0.0932. The second kappa shape index (κ2) is 5.86. The second-order valence-electron chi connectivity index (χ2n) is 4.79. The van der Waals surface area contributed by atoms with Crippen molar-refractivity contribution in [2.24, 2.45) is 5.92 Å². The highest BCUT2D eigenvalue weighted by Crippen LogP contribution is 2.18. The lowest BCUT2D eigenvalue weighted by atomic mass is 10.0. The standard InChI is InChI=1S/C12H19N5O/c1-9-3-4-17(12(18)10(5-9)13-2)6-11-15-7-14-8-16-11/h7-10,13H,3-6H2,1-2H3. The molecule has 0 aliphatic carbocycles. The molecule has 0 radical (unpaired) electrons. The number of hydrogen-bond acceptors (Lipinski definition) is 5. The summed E-state index contributed by atoms with van der Waals surface area (Å²) in [4.78, 5) is 26.1. The predicted octanol–water partition coefficient (Wildman–Crippen LogP) is 0.218. The number of rotatable bonds is 3. The average molecular weight is 249 g/mol. The lowest BCUT2D eigenvalue weighted by molar-refractivity contribution is -0.133. The van der Waals surface area contributed by atoms with E-state index in [4.69, 9.17) is 0 Å². The molecular formula is C12H19N5O. The maximum Gasteiger partial charge on any atom is 0.240 e. The number of carbonyl (C=O) groups is 1. The highest BCUT2D eigenvalue weighted by molar-refractivity contribution is 5.82. The number of likely N-dealkylation sites (N-methyl/N-ethyl adjacent to an activating group) is 1. The third kappa shape index (κ3) is 3.01. The van der Waals surface area contributed by atoms with Crippen LogP contribution < -0.4 is 5.32 Å². The summed E-state index contributed by atoms with van der Waals surface area (Å²) in [5, 5.41) is 3.10. The van der Waals surface area contributed by atoms with Gasteiger partial charge in [0.05, 0.1) is 12.6 Å². The Balaban J connectivity index is 2.09. The van der Waals surface area contributed by atoms with E-state index in [0.29, 0.717) is 18.3 Å². The molecule has 1 fully saturated rings. The van der Waals surface area contributed by atoms with Crippen molar-refractivity contribution in [2.75, 3.05) is 13.6 Å². The molecular weight excluding hydrogens is 230 g/mol. The van der Waals surface area contributed by atoms with Crippen LogP contribution in [0.4, 0.5) is 0 Å². The van der Waals surface area contributed by atoms with Crippen LogP contribution in [0.2, 0.25) is 0 Å². The molecule has 0 bridgehead atoms. The summed E-state index contributed by atoms with van der Waals surface area (Å²) in [6.45, 7) is 3.42. The largest absolute Gasteiger partial charge is 0.334 e. The quantitative estimate of drug-likeness (QED) is 0.829. The molecule has 2 unspecified atom stereocenters. The van der Waals surface area contributed by atoms with Crippen LogP contribution in [0.3, 0.4) is 0 Å². The van der Waals surface area contributed by atoms with Gasteiger partial charge in [0.25, 0.3) is 0 Å². The summed E-state index contributed by atoms with van der Waals surface area (Å²) in [5.41, 5.74) is 0. The monoisotopic (exact) mass is 249 g/mol. The Hall–Kier alpha value is -1.56. The molecule has 1 saturated heterocycles. The Kier molecular flexibility index (Phi) is 4.19. The van der Waals surface area contributed by atoms with Gasteiger partial charge in [-0.25, -0.2) is 15.0 Å². The van der Waals surface area contributed by atoms with Gasteiger partial charge in [-0.15, -0.1) is 0 Å². The van der Waals surface area contributed by atoms with E-state index in [2.05, 4.69) is 27.2 Å². The van der Waals surface area contributed by atoms with Crippen LogP contribution in [-0.2, 0) is 11.3 Å². The van der Waals surface area contributed by atoms with Gasteiger partial charge in [0, 0.05) is 6.54 Å². The molecule has 1 aromatic heterocycles. The zero-order valence-electron chi connectivity index (χ0n) is 10.8. The molecule has 0 saturated carbocycles. The molecule has 18 heavy (non-hydrogen) atoms. The van der Waals surface area contributed by atoms with Gasteiger partial charge in [0.1, 0.15) is 12.7 Å². The Morgan fingerprint density at radius 2 is 2.17 bits per heavy atom. The van der Waals surface area contributed by atoms with Crippen molar-refractivity contribution >= 4 is 5.91 Å². The third-order valence-corrected chi connectivity index (χ3v) is 3.37.